The molecule has 4 nitrogen and oxygen atoms in total. The van der Waals surface area contributed by atoms with Crippen LogP contribution in [0.25, 0.3) is 0 Å². The summed E-state index contributed by atoms with van der Waals surface area (Å²) in [6.07, 6.45) is 10.3. The van der Waals surface area contributed by atoms with Crippen LogP contribution in [0.2, 0.25) is 0 Å². The number of unbranched alkanes of at least 4 members (excludes halogenated alkanes) is 1. The first-order chi connectivity index (χ1) is 16.0. The molecule has 0 unspecified atom stereocenters. The predicted molar refractivity (Wildman–Crippen MR) is 149 cm³/mol. The second-order valence-electron chi connectivity index (χ2n) is 11.9. The molecule has 1 saturated carbocycles. The van der Waals surface area contributed by atoms with Gasteiger partial charge in [-0.1, -0.05) is 46.2 Å². The summed E-state index contributed by atoms with van der Waals surface area (Å²) >= 11 is 0. The summed E-state index contributed by atoms with van der Waals surface area (Å²) in [5.74, 6) is 1.57. The molecule has 0 bridgehead atoms. The second-order valence-corrected chi connectivity index (χ2v) is 11.9. The molecule has 5 heteroatoms. The first kappa shape index (κ1) is 27.6. The van der Waals surface area contributed by atoms with Crippen LogP contribution in [-0.2, 0) is 4.74 Å². The van der Waals surface area contributed by atoms with Gasteiger partial charge in [-0.05, 0) is 80.4 Å². The van der Waals surface area contributed by atoms with Gasteiger partial charge in [-0.2, -0.15) is 0 Å². The normalized spacial score (nSPS) is 25.1. The average Bonchev–Trinajstić information content (AvgIpc) is 2.83. The summed E-state index contributed by atoms with van der Waals surface area (Å²) in [5, 5.41) is 3.97. The standard InChI is InChI=1S/C29H49N3O.ClH/c1-5-6-16-31-17-19-32(20-18-31)28-26(23-10-12-24(13-11-23)29(2,3)4)8-7-9-27(28)30-25-14-21-33-22-15-25;/h7-9,23-25,30H,5-6,10-22H2,1-4H3;1H. The Bertz CT molecular complexity index is 727. The van der Waals surface area contributed by atoms with E-state index in [1.54, 1.807) is 5.56 Å². The van der Waals surface area contributed by atoms with E-state index in [0.717, 1.165) is 45.1 Å². The van der Waals surface area contributed by atoms with Crippen LogP contribution in [0.4, 0.5) is 11.4 Å². The van der Waals surface area contributed by atoms with Gasteiger partial charge in [0.2, 0.25) is 0 Å². The zero-order valence-corrected chi connectivity index (χ0v) is 23.1. The lowest BCUT2D eigenvalue weighted by Crippen LogP contribution is -2.47. The van der Waals surface area contributed by atoms with Crippen molar-refractivity contribution in [1.82, 2.24) is 4.90 Å². The summed E-state index contributed by atoms with van der Waals surface area (Å²) in [6, 6.07) is 7.65. The van der Waals surface area contributed by atoms with Gasteiger partial charge in [-0.25, -0.2) is 0 Å². The number of piperazine rings is 1. The molecule has 0 radical (unpaired) electrons. The first-order valence-electron chi connectivity index (χ1n) is 13.9. The highest BCUT2D eigenvalue weighted by Gasteiger charge is 2.33. The lowest BCUT2D eigenvalue weighted by molar-refractivity contribution is 0.0904. The van der Waals surface area contributed by atoms with E-state index >= 15 is 0 Å². The van der Waals surface area contributed by atoms with E-state index in [9.17, 15) is 0 Å². The molecule has 0 spiro atoms. The Morgan fingerprint density at radius 1 is 0.941 bits per heavy atom. The Balaban J connectivity index is 0.00000324. The van der Waals surface area contributed by atoms with Crippen LogP contribution in [0.3, 0.4) is 0 Å². The second kappa shape index (κ2) is 12.8. The van der Waals surface area contributed by atoms with Crippen molar-refractivity contribution in [2.24, 2.45) is 11.3 Å². The van der Waals surface area contributed by atoms with Gasteiger partial charge in [0.15, 0.2) is 0 Å². The highest BCUT2D eigenvalue weighted by atomic mass is 35.5. The SMILES string of the molecule is CCCCN1CCN(c2c(NC3CCOCC3)cccc2C2CCC(C(C)(C)C)CC2)CC1.Cl. The molecule has 0 atom stereocenters. The smallest absolute Gasteiger partial charge is 0.0638 e. The number of halogens is 1. The van der Waals surface area contributed by atoms with Crippen molar-refractivity contribution < 1.29 is 4.74 Å². The molecule has 2 heterocycles. The van der Waals surface area contributed by atoms with E-state index in [1.807, 2.05) is 0 Å². The molecule has 2 aliphatic heterocycles. The number of rotatable bonds is 7. The number of hydrogen-bond acceptors (Lipinski definition) is 4. The number of anilines is 2. The fraction of sp³-hybridized carbons (Fsp3) is 0.793. The molecular formula is C29H50ClN3O. The summed E-state index contributed by atoms with van der Waals surface area (Å²) in [5.41, 5.74) is 4.95. The van der Waals surface area contributed by atoms with Gasteiger partial charge < -0.3 is 15.0 Å². The minimum atomic E-state index is 0. The summed E-state index contributed by atoms with van der Waals surface area (Å²) in [6.45, 7) is 17.3. The molecule has 1 aromatic carbocycles. The Labute approximate surface area is 215 Å². The number of ether oxygens (including phenoxy) is 1. The van der Waals surface area contributed by atoms with E-state index in [2.05, 4.69) is 61.0 Å². The molecule has 0 amide bonds. The van der Waals surface area contributed by atoms with Crippen LogP contribution in [0.5, 0.6) is 0 Å². The fourth-order valence-corrected chi connectivity index (χ4v) is 6.27. The van der Waals surface area contributed by atoms with Gasteiger partial charge in [0.25, 0.3) is 0 Å². The van der Waals surface area contributed by atoms with E-state index in [1.165, 1.54) is 69.5 Å². The minimum Gasteiger partial charge on any atom is -0.381 e. The molecule has 1 aliphatic carbocycles. The monoisotopic (exact) mass is 491 g/mol. The average molecular weight is 492 g/mol. The summed E-state index contributed by atoms with van der Waals surface area (Å²) < 4.78 is 5.63. The Hall–Kier alpha value is -0.970. The number of nitrogens with zero attached hydrogens (tertiary/aromatic N) is 2. The molecule has 3 fully saturated rings. The van der Waals surface area contributed by atoms with Crippen LogP contribution in [0.1, 0.15) is 90.5 Å². The number of para-hydroxylation sites is 1. The van der Waals surface area contributed by atoms with Gasteiger partial charge in [-0.3, -0.25) is 4.90 Å². The maximum absolute atomic E-state index is 5.63. The van der Waals surface area contributed by atoms with E-state index in [4.69, 9.17) is 4.74 Å². The molecular weight excluding hydrogens is 442 g/mol. The van der Waals surface area contributed by atoms with E-state index in [0.29, 0.717) is 17.4 Å². The maximum Gasteiger partial charge on any atom is 0.0638 e. The van der Waals surface area contributed by atoms with Crippen LogP contribution >= 0.6 is 12.4 Å². The third-order valence-electron chi connectivity index (χ3n) is 8.56. The van der Waals surface area contributed by atoms with Gasteiger partial charge in [0.05, 0.1) is 11.4 Å². The van der Waals surface area contributed by atoms with Crippen molar-refractivity contribution in [3.05, 3.63) is 23.8 Å². The van der Waals surface area contributed by atoms with Crippen molar-refractivity contribution in [1.29, 1.82) is 0 Å². The Morgan fingerprint density at radius 2 is 1.62 bits per heavy atom. The van der Waals surface area contributed by atoms with Crippen molar-refractivity contribution >= 4 is 23.8 Å². The van der Waals surface area contributed by atoms with Gasteiger partial charge in [0, 0.05) is 45.4 Å². The molecule has 4 rings (SSSR count). The molecule has 1 aromatic rings. The first-order valence-corrected chi connectivity index (χ1v) is 13.9. The third kappa shape index (κ3) is 7.04. The van der Waals surface area contributed by atoms with Crippen LogP contribution in [0.15, 0.2) is 18.2 Å². The van der Waals surface area contributed by atoms with Gasteiger partial charge in [0.1, 0.15) is 0 Å². The number of hydrogen-bond donors (Lipinski definition) is 1. The molecule has 194 valence electrons. The maximum atomic E-state index is 5.63. The highest BCUT2D eigenvalue weighted by molar-refractivity contribution is 5.85. The van der Waals surface area contributed by atoms with Crippen LogP contribution in [-0.4, -0.2) is 56.9 Å². The largest absolute Gasteiger partial charge is 0.381 e. The zero-order chi connectivity index (χ0) is 23.3. The van der Waals surface area contributed by atoms with Gasteiger partial charge >= 0.3 is 0 Å². The number of nitrogens with one attached hydrogen (secondary N) is 1. The molecule has 1 N–H and O–H groups in total. The number of benzene rings is 1. The van der Waals surface area contributed by atoms with Crippen molar-refractivity contribution in [2.45, 2.75) is 91.0 Å². The molecule has 2 saturated heterocycles. The summed E-state index contributed by atoms with van der Waals surface area (Å²) in [7, 11) is 0. The molecule has 0 aromatic heterocycles. The topological polar surface area (TPSA) is 27.7 Å². The minimum absolute atomic E-state index is 0. The summed E-state index contributed by atoms with van der Waals surface area (Å²) in [4.78, 5) is 5.39. The molecule has 34 heavy (non-hydrogen) atoms. The van der Waals surface area contributed by atoms with Crippen molar-refractivity contribution in [3.63, 3.8) is 0 Å². The van der Waals surface area contributed by atoms with Gasteiger partial charge in [-0.15, -0.1) is 12.4 Å². The fourth-order valence-electron chi connectivity index (χ4n) is 6.27. The van der Waals surface area contributed by atoms with Crippen molar-refractivity contribution in [3.8, 4) is 0 Å². The van der Waals surface area contributed by atoms with E-state index < -0.39 is 0 Å². The van der Waals surface area contributed by atoms with Crippen LogP contribution in [0, 0.1) is 11.3 Å². The third-order valence-corrected chi connectivity index (χ3v) is 8.56. The lowest BCUT2D eigenvalue weighted by Gasteiger charge is -2.41. The predicted octanol–water partition coefficient (Wildman–Crippen LogP) is 6.94. The molecule has 3 aliphatic rings. The Kier molecular flexibility index (Phi) is 10.4. The Morgan fingerprint density at radius 3 is 2.24 bits per heavy atom. The highest BCUT2D eigenvalue weighted by Crippen LogP contribution is 2.47. The quantitative estimate of drug-likeness (QED) is 0.447. The zero-order valence-electron chi connectivity index (χ0n) is 22.3. The van der Waals surface area contributed by atoms with Crippen molar-refractivity contribution in [2.75, 3.05) is 56.2 Å². The van der Waals surface area contributed by atoms with E-state index in [-0.39, 0.29) is 12.4 Å². The lowest BCUT2D eigenvalue weighted by atomic mass is 9.68. The van der Waals surface area contributed by atoms with Crippen LogP contribution < -0.4 is 10.2 Å².